The maximum atomic E-state index is 13.0. The molecule has 0 saturated carbocycles. The first-order chi connectivity index (χ1) is 13.6. The average molecular weight is 376 g/mol. The molecule has 4 rings (SSSR count). The molecule has 1 aliphatic carbocycles. The fourth-order valence-electron chi connectivity index (χ4n) is 4.03. The molecule has 0 bridgehead atoms. The molecule has 5 heteroatoms. The summed E-state index contributed by atoms with van der Waals surface area (Å²) < 4.78 is 7.34. The van der Waals surface area contributed by atoms with Crippen LogP contribution in [0.2, 0.25) is 0 Å². The van der Waals surface area contributed by atoms with Crippen molar-refractivity contribution in [2.24, 2.45) is 7.05 Å². The Labute approximate surface area is 163 Å². The smallest absolute Gasteiger partial charge is 0.257 e. The fourth-order valence-corrected chi connectivity index (χ4v) is 4.03. The van der Waals surface area contributed by atoms with Crippen LogP contribution >= 0.6 is 0 Å². The minimum atomic E-state index is -0.328. The van der Waals surface area contributed by atoms with Gasteiger partial charge in [-0.1, -0.05) is 24.3 Å². The molecule has 0 radical (unpaired) electrons. The van der Waals surface area contributed by atoms with Crippen LogP contribution in [0.15, 0.2) is 53.5 Å². The van der Waals surface area contributed by atoms with Crippen LogP contribution in [0.5, 0.6) is 5.75 Å². The predicted molar refractivity (Wildman–Crippen MR) is 110 cm³/mol. The molecule has 1 amide bonds. The Hall–Kier alpha value is -3.08. The van der Waals surface area contributed by atoms with E-state index in [9.17, 15) is 9.59 Å². The number of carbonyl (C=O) groups excluding carboxylic acids is 1. The lowest BCUT2D eigenvalue weighted by Gasteiger charge is -2.26. The standard InChI is InChI=1S/C23H24N2O3/c1-3-28-16-11-12-21-18(13-16)22(26)19(14-25(21)2)23(27)24-20-10-6-8-15-7-4-5-9-17(15)20/h4-5,7,9,11-14,20H,3,6,8,10H2,1-2H3,(H,24,27)/t20-/m0/s1. The summed E-state index contributed by atoms with van der Waals surface area (Å²) >= 11 is 0. The predicted octanol–water partition coefficient (Wildman–Crippen LogP) is 3.74. The minimum Gasteiger partial charge on any atom is -0.494 e. The van der Waals surface area contributed by atoms with Crippen LogP contribution in [-0.2, 0) is 13.5 Å². The minimum absolute atomic E-state index is 0.0624. The summed E-state index contributed by atoms with van der Waals surface area (Å²) in [6.07, 6.45) is 4.55. The van der Waals surface area contributed by atoms with Gasteiger partial charge >= 0.3 is 0 Å². The van der Waals surface area contributed by atoms with Crippen LogP contribution in [-0.4, -0.2) is 17.1 Å². The van der Waals surface area contributed by atoms with Crippen molar-refractivity contribution in [3.05, 3.63) is 75.6 Å². The van der Waals surface area contributed by atoms with Crippen LogP contribution in [0.3, 0.4) is 0 Å². The second kappa shape index (κ2) is 7.50. The Morgan fingerprint density at radius 3 is 2.89 bits per heavy atom. The Morgan fingerprint density at radius 2 is 2.07 bits per heavy atom. The second-order valence-electron chi connectivity index (χ2n) is 7.21. The zero-order valence-corrected chi connectivity index (χ0v) is 16.2. The van der Waals surface area contributed by atoms with Crippen molar-refractivity contribution in [1.29, 1.82) is 0 Å². The van der Waals surface area contributed by atoms with Crippen molar-refractivity contribution in [2.75, 3.05) is 6.61 Å². The van der Waals surface area contributed by atoms with E-state index in [-0.39, 0.29) is 22.9 Å². The summed E-state index contributed by atoms with van der Waals surface area (Å²) in [7, 11) is 1.84. The number of ether oxygens (including phenoxy) is 1. The Balaban J connectivity index is 1.70. The molecular formula is C23H24N2O3. The number of fused-ring (bicyclic) bond motifs is 2. The summed E-state index contributed by atoms with van der Waals surface area (Å²) in [6, 6.07) is 13.5. The number of aryl methyl sites for hydroxylation is 2. The Bertz CT molecular complexity index is 1100. The van der Waals surface area contributed by atoms with Crippen molar-refractivity contribution in [1.82, 2.24) is 9.88 Å². The maximum Gasteiger partial charge on any atom is 0.257 e. The van der Waals surface area contributed by atoms with E-state index in [1.165, 1.54) is 5.56 Å². The molecular weight excluding hydrogens is 352 g/mol. The van der Waals surface area contributed by atoms with E-state index in [1.807, 2.05) is 42.8 Å². The second-order valence-corrected chi connectivity index (χ2v) is 7.21. The van der Waals surface area contributed by atoms with E-state index in [0.717, 1.165) is 30.3 Å². The zero-order chi connectivity index (χ0) is 19.7. The van der Waals surface area contributed by atoms with Crippen molar-refractivity contribution in [3.8, 4) is 5.75 Å². The van der Waals surface area contributed by atoms with Crippen LogP contribution in [0.4, 0.5) is 0 Å². The van der Waals surface area contributed by atoms with Crippen LogP contribution < -0.4 is 15.5 Å². The molecule has 0 saturated heterocycles. The third-order valence-electron chi connectivity index (χ3n) is 5.39. The number of carbonyl (C=O) groups is 1. The lowest BCUT2D eigenvalue weighted by molar-refractivity contribution is 0.0931. The van der Waals surface area contributed by atoms with Crippen LogP contribution in [0, 0.1) is 0 Å². The van der Waals surface area contributed by atoms with Gasteiger partial charge in [-0.05, 0) is 55.5 Å². The molecule has 1 N–H and O–H groups in total. The SMILES string of the molecule is CCOc1ccc2c(c1)c(=O)c(C(=O)N[C@H]1CCCc3ccccc31)cn2C. The highest BCUT2D eigenvalue weighted by atomic mass is 16.5. The number of benzene rings is 2. The van der Waals surface area contributed by atoms with Gasteiger partial charge in [-0.2, -0.15) is 0 Å². The molecule has 1 aromatic heterocycles. The first-order valence-corrected chi connectivity index (χ1v) is 9.73. The molecule has 1 heterocycles. The van der Waals surface area contributed by atoms with Gasteiger partial charge in [-0.15, -0.1) is 0 Å². The Kier molecular flexibility index (Phi) is 4.90. The summed E-state index contributed by atoms with van der Waals surface area (Å²) in [4.78, 5) is 26.0. The summed E-state index contributed by atoms with van der Waals surface area (Å²) in [5, 5.41) is 3.57. The highest BCUT2D eigenvalue weighted by molar-refractivity contribution is 5.97. The van der Waals surface area contributed by atoms with Gasteiger partial charge in [0, 0.05) is 13.2 Å². The summed E-state index contributed by atoms with van der Waals surface area (Å²) in [5.74, 6) is 0.303. The number of rotatable bonds is 4. The number of hydrogen-bond donors (Lipinski definition) is 1. The molecule has 0 spiro atoms. The average Bonchev–Trinajstić information content (AvgIpc) is 2.71. The first-order valence-electron chi connectivity index (χ1n) is 9.73. The first kappa shape index (κ1) is 18.3. The van der Waals surface area contributed by atoms with Gasteiger partial charge in [0.05, 0.1) is 23.6 Å². The monoisotopic (exact) mass is 376 g/mol. The molecule has 0 unspecified atom stereocenters. The number of nitrogens with zero attached hydrogens (tertiary/aromatic N) is 1. The van der Waals surface area contributed by atoms with Crippen molar-refractivity contribution >= 4 is 16.8 Å². The number of aromatic nitrogens is 1. The van der Waals surface area contributed by atoms with Gasteiger partial charge in [0.25, 0.3) is 5.91 Å². The van der Waals surface area contributed by atoms with Gasteiger partial charge in [-0.3, -0.25) is 9.59 Å². The number of pyridine rings is 1. The van der Waals surface area contributed by atoms with Crippen molar-refractivity contribution < 1.29 is 9.53 Å². The van der Waals surface area contributed by atoms with E-state index in [2.05, 4.69) is 17.4 Å². The van der Waals surface area contributed by atoms with E-state index in [0.29, 0.717) is 17.7 Å². The van der Waals surface area contributed by atoms with Gasteiger partial charge in [0.15, 0.2) is 0 Å². The van der Waals surface area contributed by atoms with Crippen LogP contribution in [0.1, 0.15) is 47.3 Å². The summed E-state index contributed by atoms with van der Waals surface area (Å²) in [5.41, 5.74) is 3.08. The number of amides is 1. The largest absolute Gasteiger partial charge is 0.494 e. The molecule has 2 aromatic carbocycles. The zero-order valence-electron chi connectivity index (χ0n) is 16.2. The van der Waals surface area contributed by atoms with Crippen LogP contribution in [0.25, 0.3) is 10.9 Å². The highest BCUT2D eigenvalue weighted by Gasteiger charge is 2.23. The fraction of sp³-hybridized carbons (Fsp3) is 0.304. The number of nitrogens with one attached hydrogen (secondary N) is 1. The molecule has 144 valence electrons. The van der Waals surface area contributed by atoms with Gasteiger partial charge in [0.1, 0.15) is 11.3 Å². The summed E-state index contributed by atoms with van der Waals surface area (Å²) in [6.45, 7) is 2.42. The maximum absolute atomic E-state index is 13.0. The van der Waals surface area contributed by atoms with Gasteiger partial charge in [0.2, 0.25) is 5.43 Å². The van der Waals surface area contributed by atoms with Gasteiger partial charge in [-0.25, -0.2) is 0 Å². The van der Waals surface area contributed by atoms with Crippen molar-refractivity contribution in [2.45, 2.75) is 32.2 Å². The third kappa shape index (κ3) is 3.28. The quantitative estimate of drug-likeness (QED) is 0.754. The highest BCUT2D eigenvalue weighted by Crippen LogP contribution is 2.29. The van der Waals surface area contributed by atoms with E-state index in [1.54, 1.807) is 12.3 Å². The molecule has 0 aliphatic heterocycles. The lowest BCUT2D eigenvalue weighted by atomic mass is 9.87. The molecule has 0 fully saturated rings. The number of hydrogen-bond acceptors (Lipinski definition) is 3. The third-order valence-corrected chi connectivity index (χ3v) is 5.39. The van der Waals surface area contributed by atoms with Gasteiger partial charge < -0.3 is 14.6 Å². The van der Waals surface area contributed by atoms with Crippen molar-refractivity contribution in [3.63, 3.8) is 0 Å². The topological polar surface area (TPSA) is 60.3 Å². The molecule has 5 nitrogen and oxygen atoms in total. The Morgan fingerprint density at radius 1 is 1.25 bits per heavy atom. The van der Waals surface area contributed by atoms with E-state index in [4.69, 9.17) is 4.74 Å². The lowest BCUT2D eigenvalue weighted by Crippen LogP contribution is -2.34. The van der Waals surface area contributed by atoms with E-state index < -0.39 is 0 Å². The molecule has 28 heavy (non-hydrogen) atoms. The molecule has 1 aliphatic rings. The van der Waals surface area contributed by atoms with E-state index >= 15 is 0 Å². The molecule has 1 atom stereocenters. The normalized spacial score (nSPS) is 15.9. The molecule has 3 aromatic rings.